The minimum Gasteiger partial charge on any atom is -0.307 e. The molecule has 0 bridgehead atoms. The number of fused-ring (bicyclic) bond motifs is 1. The molecule has 0 spiro atoms. The largest absolute Gasteiger partial charge is 0.307 e. The number of aryl methyl sites for hydroxylation is 1. The summed E-state index contributed by atoms with van der Waals surface area (Å²) < 4.78 is 0. The van der Waals surface area contributed by atoms with E-state index < -0.39 is 0 Å². The Morgan fingerprint density at radius 2 is 2.05 bits per heavy atom. The molecule has 19 heavy (non-hydrogen) atoms. The summed E-state index contributed by atoms with van der Waals surface area (Å²) in [6.07, 6.45) is 0.953. The van der Waals surface area contributed by atoms with Crippen molar-refractivity contribution in [1.29, 1.82) is 0 Å². The van der Waals surface area contributed by atoms with Crippen LogP contribution in [-0.2, 0) is 19.5 Å². The second kappa shape index (κ2) is 5.15. The summed E-state index contributed by atoms with van der Waals surface area (Å²) in [5.41, 5.74) is 3.66. The number of likely N-dealkylation sites (N-methyl/N-ethyl adjacent to an activating group) is 2. The first-order chi connectivity index (χ1) is 9.13. The van der Waals surface area contributed by atoms with Gasteiger partial charge in [-0.3, -0.25) is 0 Å². The van der Waals surface area contributed by atoms with Crippen LogP contribution in [0.15, 0.2) is 0 Å². The van der Waals surface area contributed by atoms with Crippen molar-refractivity contribution in [3.8, 4) is 0 Å². The molecular weight excluding hydrogens is 238 g/mol. The standard InChI is InChI=1S/C14H23N5/c1-10-12-7-15-8-13(12)17-14(16-10)6-11-9-18(2)4-5-19(11)3/h11,15H,4-9H2,1-3H3. The predicted octanol–water partition coefficient (Wildman–Crippen LogP) is 0.177. The minimum atomic E-state index is 0.533. The summed E-state index contributed by atoms with van der Waals surface area (Å²) in [7, 11) is 4.40. The highest BCUT2D eigenvalue weighted by atomic mass is 15.3. The fourth-order valence-electron chi connectivity index (χ4n) is 3.02. The number of nitrogens with zero attached hydrogens (tertiary/aromatic N) is 4. The van der Waals surface area contributed by atoms with Crippen molar-refractivity contribution < 1.29 is 0 Å². The van der Waals surface area contributed by atoms with Gasteiger partial charge in [0.25, 0.3) is 0 Å². The van der Waals surface area contributed by atoms with E-state index in [0.29, 0.717) is 6.04 Å². The Morgan fingerprint density at radius 1 is 1.21 bits per heavy atom. The lowest BCUT2D eigenvalue weighted by Gasteiger charge is -2.37. The Balaban J connectivity index is 1.78. The summed E-state index contributed by atoms with van der Waals surface area (Å²) in [5.74, 6) is 1.01. The average Bonchev–Trinajstić information content (AvgIpc) is 2.82. The minimum absolute atomic E-state index is 0.533. The molecule has 5 nitrogen and oxygen atoms in total. The van der Waals surface area contributed by atoms with E-state index in [2.05, 4.69) is 36.1 Å². The Bertz CT molecular complexity index is 473. The smallest absolute Gasteiger partial charge is 0.130 e. The van der Waals surface area contributed by atoms with Crippen LogP contribution in [0.25, 0.3) is 0 Å². The third-order valence-corrected chi connectivity index (χ3v) is 4.34. The molecule has 0 saturated carbocycles. The van der Waals surface area contributed by atoms with Crippen LogP contribution in [0, 0.1) is 6.92 Å². The average molecular weight is 261 g/mol. The van der Waals surface area contributed by atoms with E-state index in [1.165, 1.54) is 11.3 Å². The summed E-state index contributed by atoms with van der Waals surface area (Å²) >= 11 is 0. The van der Waals surface area contributed by atoms with Crippen LogP contribution in [0.2, 0.25) is 0 Å². The second-order valence-corrected chi connectivity index (χ2v) is 5.85. The maximum absolute atomic E-state index is 4.75. The molecule has 3 rings (SSSR count). The Kier molecular flexibility index (Phi) is 3.52. The lowest BCUT2D eigenvalue weighted by atomic mass is 10.1. The van der Waals surface area contributed by atoms with E-state index in [0.717, 1.165) is 50.7 Å². The van der Waals surface area contributed by atoms with Crippen LogP contribution in [0.3, 0.4) is 0 Å². The molecule has 0 amide bonds. The molecule has 1 N–H and O–H groups in total. The van der Waals surface area contributed by atoms with Crippen LogP contribution in [0.1, 0.15) is 22.8 Å². The van der Waals surface area contributed by atoms with Gasteiger partial charge in [0.1, 0.15) is 5.82 Å². The van der Waals surface area contributed by atoms with Gasteiger partial charge in [0.15, 0.2) is 0 Å². The molecule has 2 aliphatic rings. The van der Waals surface area contributed by atoms with Gasteiger partial charge < -0.3 is 15.1 Å². The van der Waals surface area contributed by atoms with E-state index in [1.807, 2.05) is 0 Å². The third kappa shape index (κ3) is 2.63. The first kappa shape index (κ1) is 13.0. The van der Waals surface area contributed by atoms with E-state index >= 15 is 0 Å². The van der Waals surface area contributed by atoms with Crippen molar-refractivity contribution in [2.45, 2.75) is 32.5 Å². The molecule has 1 aromatic rings. The zero-order valence-electron chi connectivity index (χ0n) is 12.1. The quantitative estimate of drug-likeness (QED) is 0.822. The van der Waals surface area contributed by atoms with Gasteiger partial charge in [-0.25, -0.2) is 9.97 Å². The Morgan fingerprint density at radius 3 is 2.89 bits per heavy atom. The van der Waals surface area contributed by atoms with E-state index in [9.17, 15) is 0 Å². The second-order valence-electron chi connectivity index (χ2n) is 5.85. The maximum Gasteiger partial charge on any atom is 0.130 e. The normalized spacial score (nSPS) is 24.7. The molecule has 0 aromatic carbocycles. The van der Waals surface area contributed by atoms with Crippen LogP contribution in [0.4, 0.5) is 0 Å². The van der Waals surface area contributed by atoms with Gasteiger partial charge in [-0.2, -0.15) is 0 Å². The zero-order chi connectivity index (χ0) is 13.4. The molecule has 2 aliphatic heterocycles. The van der Waals surface area contributed by atoms with Crippen molar-refractivity contribution in [2.24, 2.45) is 0 Å². The number of hydrogen-bond donors (Lipinski definition) is 1. The molecule has 104 valence electrons. The number of rotatable bonds is 2. The molecule has 1 aromatic heterocycles. The summed E-state index contributed by atoms with van der Waals surface area (Å²) in [6, 6.07) is 0.533. The molecule has 0 aliphatic carbocycles. The summed E-state index contributed by atoms with van der Waals surface area (Å²) in [6.45, 7) is 7.31. The molecule has 1 saturated heterocycles. The van der Waals surface area contributed by atoms with Gasteiger partial charge in [0.05, 0.1) is 5.69 Å². The lowest BCUT2D eigenvalue weighted by molar-refractivity contribution is 0.113. The molecule has 1 unspecified atom stereocenters. The highest BCUT2D eigenvalue weighted by Gasteiger charge is 2.24. The highest BCUT2D eigenvalue weighted by Crippen LogP contribution is 2.18. The van der Waals surface area contributed by atoms with Crippen molar-refractivity contribution in [2.75, 3.05) is 33.7 Å². The van der Waals surface area contributed by atoms with Gasteiger partial charge in [-0.05, 0) is 21.0 Å². The molecule has 3 heterocycles. The van der Waals surface area contributed by atoms with Crippen molar-refractivity contribution in [1.82, 2.24) is 25.1 Å². The zero-order valence-corrected chi connectivity index (χ0v) is 12.1. The van der Waals surface area contributed by atoms with Crippen LogP contribution < -0.4 is 5.32 Å². The fraction of sp³-hybridized carbons (Fsp3) is 0.714. The van der Waals surface area contributed by atoms with Crippen molar-refractivity contribution >= 4 is 0 Å². The Hall–Kier alpha value is -1.04. The van der Waals surface area contributed by atoms with Gasteiger partial charge in [-0.15, -0.1) is 0 Å². The van der Waals surface area contributed by atoms with Crippen molar-refractivity contribution in [3.63, 3.8) is 0 Å². The summed E-state index contributed by atoms with van der Waals surface area (Å²) in [4.78, 5) is 14.3. The molecule has 5 heteroatoms. The van der Waals surface area contributed by atoms with Gasteiger partial charge >= 0.3 is 0 Å². The SMILES string of the molecule is Cc1nc(CC2CN(C)CCN2C)nc2c1CNC2. The lowest BCUT2D eigenvalue weighted by Crippen LogP contribution is -2.51. The molecule has 1 fully saturated rings. The van der Waals surface area contributed by atoms with E-state index in [-0.39, 0.29) is 0 Å². The van der Waals surface area contributed by atoms with Gasteiger partial charge in [0.2, 0.25) is 0 Å². The van der Waals surface area contributed by atoms with Crippen molar-refractivity contribution in [3.05, 3.63) is 22.8 Å². The Labute approximate surface area is 115 Å². The number of aromatic nitrogens is 2. The van der Waals surface area contributed by atoms with E-state index in [4.69, 9.17) is 9.97 Å². The molecule has 0 radical (unpaired) electrons. The van der Waals surface area contributed by atoms with Gasteiger partial charge in [0, 0.05) is 56.4 Å². The number of piperazine rings is 1. The maximum atomic E-state index is 4.75. The monoisotopic (exact) mass is 261 g/mol. The fourth-order valence-corrected chi connectivity index (χ4v) is 3.02. The highest BCUT2D eigenvalue weighted by molar-refractivity contribution is 5.28. The van der Waals surface area contributed by atoms with Crippen LogP contribution in [0.5, 0.6) is 0 Å². The third-order valence-electron chi connectivity index (χ3n) is 4.34. The topological polar surface area (TPSA) is 44.3 Å². The van der Waals surface area contributed by atoms with E-state index in [1.54, 1.807) is 0 Å². The number of nitrogens with one attached hydrogen (secondary N) is 1. The molecule has 1 atom stereocenters. The predicted molar refractivity (Wildman–Crippen MR) is 74.9 cm³/mol. The van der Waals surface area contributed by atoms with Crippen LogP contribution in [-0.4, -0.2) is 59.5 Å². The summed E-state index contributed by atoms with van der Waals surface area (Å²) in [5, 5.41) is 3.35. The molecular formula is C14H23N5. The van der Waals surface area contributed by atoms with Gasteiger partial charge in [-0.1, -0.05) is 0 Å². The first-order valence-electron chi connectivity index (χ1n) is 7.08. The number of hydrogen-bond acceptors (Lipinski definition) is 5. The van der Waals surface area contributed by atoms with Crippen LogP contribution >= 0.6 is 0 Å². The first-order valence-corrected chi connectivity index (χ1v) is 7.08.